The fourth-order valence-electron chi connectivity index (χ4n) is 2.43. The van der Waals surface area contributed by atoms with Crippen LogP contribution in [0.2, 0.25) is 0 Å². The second kappa shape index (κ2) is 7.02. The Morgan fingerprint density at radius 2 is 1.96 bits per heavy atom. The highest BCUT2D eigenvalue weighted by Gasteiger charge is 2.13. The van der Waals surface area contributed by atoms with E-state index in [-0.39, 0.29) is 5.56 Å². The molecule has 3 rings (SSSR count). The van der Waals surface area contributed by atoms with Gasteiger partial charge in [0.25, 0.3) is 11.5 Å². The van der Waals surface area contributed by atoms with Gasteiger partial charge in [-0.05, 0) is 31.5 Å². The van der Waals surface area contributed by atoms with Crippen molar-refractivity contribution in [2.45, 2.75) is 20.4 Å². The molecule has 0 spiro atoms. The van der Waals surface area contributed by atoms with Crippen LogP contribution in [-0.2, 0) is 6.54 Å². The van der Waals surface area contributed by atoms with Gasteiger partial charge in [0, 0.05) is 24.5 Å². The minimum atomic E-state index is -0.445. The Balaban J connectivity index is 1.87. The van der Waals surface area contributed by atoms with Gasteiger partial charge in [0.2, 0.25) is 0 Å². The van der Waals surface area contributed by atoms with Gasteiger partial charge >= 0.3 is 0 Å². The molecule has 0 saturated carbocycles. The summed E-state index contributed by atoms with van der Waals surface area (Å²) >= 11 is 0. The number of pyridine rings is 1. The Labute approximate surface area is 145 Å². The molecule has 0 fully saturated rings. The molecule has 1 aromatic carbocycles. The average molecular weight is 331 g/mol. The van der Waals surface area contributed by atoms with Gasteiger partial charge in [-0.2, -0.15) is 0 Å². The zero-order valence-corrected chi connectivity index (χ0v) is 14.0. The maximum atomic E-state index is 12.6. The molecule has 0 bridgehead atoms. The van der Waals surface area contributed by atoms with Gasteiger partial charge in [-0.25, -0.2) is 4.98 Å². The second-order valence-electron chi connectivity index (χ2n) is 5.67. The Bertz CT molecular complexity index is 1050. The molecular formula is C20H17N3O2. The summed E-state index contributed by atoms with van der Waals surface area (Å²) in [6, 6.07) is 11.3. The third-order valence-corrected chi connectivity index (χ3v) is 3.79. The molecule has 1 amide bonds. The van der Waals surface area contributed by atoms with Crippen molar-refractivity contribution in [3.05, 3.63) is 81.4 Å². The predicted molar refractivity (Wildman–Crippen MR) is 96.4 cm³/mol. The van der Waals surface area contributed by atoms with Crippen LogP contribution in [0.5, 0.6) is 0 Å². The molecule has 25 heavy (non-hydrogen) atoms. The van der Waals surface area contributed by atoms with E-state index in [1.807, 2.05) is 31.2 Å². The number of nitrogens with one attached hydrogen (secondary N) is 1. The third-order valence-electron chi connectivity index (χ3n) is 3.79. The molecule has 5 heteroatoms. The number of carbonyl (C=O) groups is 1. The Hall–Kier alpha value is -3.39. The molecule has 0 atom stereocenters. The smallest absolute Gasteiger partial charge is 0.270 e. The Morgan fingerprint density at radius 3 is 2.68 bits per heavy atom. The number of carbonyl (C=O) groups excluding carboxylic acids is 1. The number of benzene rings is 1. The number of aryl methyl sites for hydroxylation is 1. The van der Waals surface area contributed by atoms with Crippen molar-refractivity contribution < 1.29 is 4.79 Å². The fraction of sp³-hybridized carbons (Fsp3) is 0.150. The minimum Gasteiger partial charge on any atom is -0.348 e. The first-order valence-corrected chi connectivity index (χ1v) is 7.86. The van der Waals surface area contributed by atoms with Crippen molar-refractivity contribution in [2.75, 3.05) is 0 Å². The number of aromatic nitrogens is 2. The number of fused-ring (bicyclic) bond motifs is 1. The van der Waals surface area contributed by atoms with E-state index in [9.17, 15) is 9.59 Å². The van der Waals surface area contributed by atoms with E-state index in [4.69, 9.17) is 0 Å². The molecule has 0 radical (unpaired) electrons. The second-order valence-corrected chi connectivity index (χ2v) is 5.67. The van der Waals surface area contributed by atoms with Gasteiger partial charge in [0.1, 0.15) is 11.2 Å². The molecular weight excluding hydrogens is 314 g/mol. The molecule has 2 heterocycles. The summed E-state index contributed by atoms with van der Waals surface area (Å²) in [6.45, 7) is 4.07. The summed E-state index contributed by atoms with van der Waals surface area (Å²) in [5.41, 5.74) is 2.88. The summed E-state index contributed by atoms with van der Waals surface area (Å²) in [5.74, 6) is 5.23. The van der Waals surface area contributed by atoms with Crippen LogP contribution in [0, 0.1) is 18.8 Å². The summed E-state index contributed by atoms with van der Waals surface area (Å²) in [5, 5.41) is 2.76. The molecule has 0 aliphatic rings. The number of amides is 1. The monoisotopic (exact) mass is 331 g/mol. The molecule has 0 aliphatic heterocycles. The molecule has 0 aliphatic carbocycles. The number of nitrogens with zero attached hydrogens (tertiary/aromatic N) is 2. The lowest BCUT2D eigenvalue weighted by molar-refractivity contribution is 0.0949. The van der Waals surface area contributed by atoms with Gasteiger partial charge in [-0.3, -0.25) is 14.0 Å². The zero-order chi connectivity index (χ0) is 17.8. The normalized spacial score (nSPS) is 10.2. The van der Waals surface area contributed by atoms with Crippen molar-refractivity contribution in [1.29, 1.82) is 0 Å². The van der Waals surface area contributed by atoms with Crippen LogP contribution < -0.4 is 10.9 Å². The van der Waals surface area contributed by atoms with Crippen LogP contribution in [0.1, 0.15) is 34.0 Å². The van der Waals surface area contributed by atoms with E-state index in [0.29, 0.717) is 17.8 Å². The number of hydrogen-bond donors (Lipinski definition) is 1. The predicted octanol–water partition coefficient (Wildman–Crippen LogP) is 2.30. The maximum absolute atomic E-state index is 12.6. The van der Waals surface area contributed by atoms with Crippen molar-refractivity contribution in [1.82, 2.24) is 14.7 Å². The Kier molecular flexibility index (Phi) is 4.62. The topological polar surface area (TPSA) is 63.5 Å². The van der Waals surface area contributed by atoms with Crippen LogP contribution in [0.4, 0.5) is 0 Å². The lowest BCUT2D eigenvalue weighted by Crippen LogP contribution is -2.31. The van der Waals surface area contributed by atoms with E-state index in [2.05, 4.69) is 22.1 Å². The Morgan fingerprint density at radius 1 is 1.20 bits per heavy atom. The molecule has 2 aromatic heterocycles. The van der Waals surface area contributed by atoms with Crippen LogP contribution in [0.3, 0.4) is 0 Å². The first kappa shape index (κ1) is 16.5. The first-order chi connectivity index (χ1) is 12.1. The van der Waals surface area contributed by atoms with Crippen LogP contribution in [0.25, 0.3) is 5.65 Å². The summed E-state index contributed by atoms with van der Waals surface area (Å²) in [7, 11) is 0. The fourth-order valence-corrected chi connectivity index (χ4v) is 2.43. The molecule has 5 nitrogen and oxygen atoms in total. The zero-order valence-electron chi connectivity index (χ0n) is 14.0. The van der Waals surface area contributed by atoms with Gasteiger partial charge in [0.15, 0.2) is 0 Å². The van der Waals surface area contributed by atoms with Gasteiger partial charge in [-0.1, -0.05) is 35.7 Å². The average Bonchev–Trinajstić information content (AvgIpc) is 2.62. The lowest BCUT2D eigenvalue weighted by atomic mass is 10.1. The molecule has 0 saturated heterocycles. The highest BCUT2D eigenvalue weighted by atomic mass is 16.2. The SMILES string of the molecule is CC#Cc1ccc2ncc(C(=O)NCc3ccc(C)cc3)c(=O)n2c1. The largest absolute Gasteiger partial charge is 0.348 e. The minimum absolute atomic E-state index is 0.00576. The lowest BCUT2D eigenvalue weighted by Gasteiger charge is -2.07. The van der Waals surface area contributed by atoms with E-state index in [1.165, 1.54) is 10.6 Å². The van der Waals surface area contributed by atoms with E-state index in [0.717, 1.165) is 11.1 Å². The molecule has 1 N–H and O–H groups in total. The third kappa shape index (κ3) is 3.59. The van der Waals surface area contributed by atoms with E-state index < -0.39 is 11.5 Å². The van der Waals surface area contributed by atoms with Crippen molar-refractivity contribution >= 4 is 11.6 Å². The number of rotatable bonds is 3. The standard InChI is InChI=1S/C20H17N3O2/c1-3-4-16-9-10-18-21-12-17(20(25)23(18)13-16)19(24)22-11-15-7-5-14(2)6-8-15/h5-10,12-13H,11H2,1-2H3,(H,22,24). The van der Waals surface area contributed by atoms with Crippen LogP contribution in [-0.4, -0.2) is 15.3 Å². The highest BCUT2D eigenvalue weighted by molar-refractivity contribution is 5.93. The van der Waals surface area contributed by atoms with E-state index >= 15 is 0 Å². The number of hydrogen-bond acceptors (Lipinski definition) is 3. The van der Waals surface area contributed by atoms with Crippen molar-refractivity contribution in [3.63, 3.8) is 0 Å². The van der Waals surface area contributed by atoms with Gasteiger partial charge in [0.05, 0.1) is 0 Å². The van der Waals surface area contributed by atoms with E-state index in [1.54, 1.807) is 25.3 Å². The molecule has 3 aromatic rings. The van der Waals surface area contributed by atoms with Crippen LogP contribution >= 0.6 is 0 Å². The van der Waals surface area contributed by atoms with Crippen LogP contribution in [0.15, 0.2) is 53.6 Å². The summed E-state index contributed by atoms with van der Waals surface area (Å²) in [4.78, 5) is 29.1. The molecule has 0 unspecified atom stereocenters. The first-order valence-electron chi connectivity index (χ1n) is 7.86. The van der Waals surface area contributed by atoms with Gasteiger partial charge < -0.3 is 5.32 Å². The van der Waals surface area contributed by atoms with Crippen molar-refractivity contribution in [3.8, 4) is 11.8 Å². The summed E-state index contributed by atoms with van der Waals surface area (Å²) < 4.78 is 1.35. The maximum Gasteiger partial charge on any atom is 0.270 e. The summed E-state index contributed by atoms with van der Waals surface area (Å²) in [6.07, 6.45) is 2.91. The van der Waals surface area contributed by atoms with Gasteiger partial charge in [-0.15, -0.1) is 5.92 Å². The quantitative estimate of drug-likeness (QED) is 0.749. The highest BCUT2D eigenvalue weighted by Crippen LogP contribution is 2.04. The van der Waals surface area contributed by atoms with Crippen molar-refractivity contribution in [2.24, 2.45) is 0 Å². The molecule has 124 valence electrons.